The van der Waals surface area contributed by atoms with E-state index in [0.29, 0.717) is 5.65 Å². The van der Waals surface area contributed by atoms with Crippen molar-refractivity contribution in [2.45, 2.75) is 26.2 Å². The van der Waals surface area contributed by atoms with Crippen molar-refractivity contribution in [2.75, 3.05) is 0 Å². The van der Waals surface area contributed by atoms with Crippen molar-refractivity contribution >= 4 is 5.65 Å². The summed E-state index contributed by atoms with van der Waals surface area (Å²) in [7, 11) is 0. The maximum atomic E-state index is 12.8. The molecule has 2 rings (SSSR count). The van der Waals surface area contributed by atoms with E-state index in [1.54, 1.807) is 6.07 Å². The highest BCUT2D eigenvalue weighted by molar-refractivity contribution is 5.37. The van der Waals surface area contributed by atoms with Crippen LogP contribution in [0.5, 0.6) is 0 Å². The summed E-state index contributed by atoms with van der Waals surface area (Å²) in [6.07, 6.45) is 1.28. The van der Waals surface area contributed by atoms with E-state index >= 15 is 0 Å². The van der Waals surface area contributed by atoms with Crippen molar-refractivity contribution in [3.8, 4) is 0 Å². The predicted octanol–water partition coefficient (Wildman–Crippen LogP) is 2.17. The summed E-state index contributed by atoms with van der Waals surface area (Å²) in [5.41, 5.74) is 1.42. The van der Waals surface area contributed by atoms with E-state index in [-0.39, 0.29) is 5.41 Å². The Morgan fingerprint density at radius 2 is 2.00 bits per heavy atom. The summed E-state index contributed by atoms with van der Waals surface area (Å²) >= 11 is 0. The van der Waals surface area contributed by atoms with Gasteiger partial charge >= 0.3 is 0 Å². The largest absolute Gasteiger partial charge is 0.233 e. The Kier molecular flexibility index (Phi) is 1.80. The van der Waals surface area contributed by atoms with Gasteiger partial charge in [0, 0.05) is 5.41 Å². The van der Waals surface area contributed by atoms with Gasteiger partial charge in [-0.25, -0.2) is 4.52 Å². The van der Waals surface area contributed by atoms with Gasteiger partial charge in [0.1, 0.15) is 0 Å². The first kappa shape index (κ1) is 9.12. The van der Waals surface area contributed by atoms with Crippen molar-refractivity contribution in [1.82, 2.24) is 14.6 Å². The molecular formula is C10H12FN3. The minimum Gasteiger partial charge on any atom is -0.218 e. The minimum atomic E-state index is -0.497. The van der Waals surface area contributed by atoms with Crippen LogP contribution in [-0.2, 0) is 5.41 Å². The Labute approximate surface area is 81.6 Å². The molecule has 0 aliphatic rings. The third-order valence-corrected chi connectivity index (χ3v) is 2.06. The number of halogens is 1. The first-order chi connectivity index (χ1) is 6.47. The van der Waals surface area contributed by atoms with Crippen LogP contribution in [0.25, 0.3) is 5.65 Å². The number of hydrogen-bond donors (Lipinski definition) is 0. The molecule has 74 valence electrons. The lowest BCUT2D eigenvalue weighted by Gasteiger charge is -2.16. The zero-order chi connectivity index (χ0) is 10.3. The number of fused-ring (bicyclic) bond motifs is 1. The van der Waals surface area contributed by atoms with E-state index in [1.807, 2.05) is 6.07 Å². The van der Waals surface area contributed by atoms with Gasteiger partial charge in [-0.05, 0) is 12.1 Å². The molecule has 14 heavy (non-hydrogen) atoms. The fraction of sp³-hybridized carbons (Fsp3) is 0.400. The fourth-order valence-corrected chi connectivity index (χ4v) is 1.25. The summed E-state index contributed by atoms with van der Waals surface area (Å²) in [5.74, 6) is -0.497. The SMILES string of the molecule is CC(C)(C)c1ccc2nc(F)cn2n1. The zero-order valence-corrected chi connectivity index (χ0v) is 8.45. The normalized spacial score (nSPS) is 12.3. The summed E-state index contributed by atoms with van der Waals surface area (Å²) in [6, 6.07) is 3.65. The minimum absolute atomic E-state index is 0.0328. The van der Waals surface area contributed by atoms with E-state index in [4.69, 9.17) is 0 Å². The highest BCUT2D eigenvalue weighted by Crippen LogP contribution is 2.19. The molecule has 0 bridgehead atoms. The predicted molar refractivity (Wildman–Crippen MR) is 51.6 cm³/mol. The molecule has 0 spiro atoms. The van der Waals surface area contributed by atoms with E-state index in [2.05, 4.69) is 30.9 Å². The van der Waals surface area contributed by atoms with E-state index < -0.39 is 5.95 Å². The Morgan fingerprint density at radius 3 is 2.64 bits per heavy atom. The number of nitrogens with zero attached hydrogens (tertiary/aromatic N) is 3. The maximum Gasteiger partial charge on any atom is 0.233 e. The monoisotopic (exact) mass is 193 g/mol. The molecule has 0 aromatic carbocycles. The lowest BCUT2D eigenvalue weighted by Crippen LogP contribution is -2.15. The van der Waals surface area contributed by atoms with Crippen LogP contribution >= 0.6 is 0 Å². The van der Waals surface area contributed by atoms with Crippen LogP contribution in [0.1, 0.15) is 26.5 Å². The summed E-state index contributed by atoms with van der Waals surface area (Å²) in [5, 5.41) is 4.28. The van der Waals surface area contributed by atoms with E-state index in [1.165, 1.54) is 10.7 Å². The molecule has 3 nitrogen and oxygen atoms in total. The molecule has 0 radical (unpaired) electrons. The van der Waals surface area contributed by atoms with Gasteiger partial charge in [0.05, 0.1) is 11.9 Å². The van der Waals surface area contributed by atoms with Gasteiger partial charge < -0.3 is 0 Å². The van der Waals surface area contributed by atoms with Crippen LogP contribution in [0.15, 0.2) is 18.3 Å². The van der Waals surface area contributed by atoms with Gasteiger partial charge in [-0.15, -0.1) is 0 Å². The molecule has 0 atom stereocenters. The number of rotatable bonds is 0. The Morgan fingerprint density at radius 1 is 1.29 bits per heavy atom. The van der Waals surface area contributed by atoms with Gasteiger partial charge in [-0.2, -0.15) is 14.5 Å². The third kappa shape index (κ3) is 1.47. The molecule has 0 unspecified atom stereocenters. The molecule has 0 saturated heterocycles. The van der Waals surface area contributed by atoms with Crippen molar-refractivity contribution in [2.24, 2.45) is 0 Å². The van der Waals surface area contributed by atoms with Crippen LogP contribution in [0.4, 0.5) is 4.39 Å². The number of imidazole rings is 1. The molecule has 0 fully saturated rings. The van der Waals surface area contributed by atoms with Crippen LogP contribution in [0, 0.1) is 5.95 Å². The van der Waals surface area contributed by atoms with Crippen molar-refractivity contribution in [3.05, 3.63) is 30.0 Å². The molecule has 2 heterocycles. The molecule has 0 amide bonds. The topological polar surface area (TPSA) is 30.2 Å². The molecule has 0 N–H and O–H groups in total. The Bertz CT molecular complexity index is 468. The van der Waals surface area contributed by atoms with E-state index in [0.717, 1.165) is 5.69 Å². The highest BCUT2D eigenvalue weighted by atomic mass is 19.1. The van der Waals surface area contributed by atoms with Crippen LogP contribution in [0.2, 0.25) is 0 Å². The standard InChI is InChI=1S/C10H12FN3/c1-10(2,3)7-4-5-9-12-8(11)6-14(9)13-7/h4-6H,1-3H3. The molecular weight excluding hydrogens is 181 g/mol. The molecule has 2 aromatic rings. The van der Waals surface area contributed by atoms with Crippen molar-refractivity contribution < 1.29 is 4.39 Å². The third-order valence-electron chi connectivity index (χ3n) is 2.06. The smallest absolute Gasteiger partial charge is 0.218 e. The quantitative estimate of drug-likeness (QED) is 0.641. The number of hydrogen-bond acceptors (Lipinski definition) is 2. The van der Waals surface area contributed by atoms with Crippen LogP contribution in [0.3, 0.4) is 0 Å². The van der Waals surface area contributed by atoms with Crippen molar-refractivity contribution in [3.63, 3.8) is 0 Å². The summed E-state index contributed by atoms with van der Waals surface area (Å²) in [6.45, 7) is 6.19. The second kappa shape index (κ2) is 2.77. The second-order valence-electron chi connectivity index (χ2n) is 4.33. The number of aromatic nitrogens is 3. The Balaban J connectivity index is 2.62. The first-order valence-corrected chi connectivity index (χ1v) is 4.49. The molecule has 0 aliphatic carbocycles. The average Bonchev–Trinajstić information content (AvgIpc) is 2.41. The lowest BCUT2D eigenvalue weighted by molar-refractivity contribution is 0.552. The van der Waals surface area contributed by atoms with Crippen molar-refractivity contribution in [1.29, 1.82) is 0 Å². The van der Waals surface area contributed by atoms with E-state index in [9.17, 15) is 4.39 Å². The lowest BCUT2D eigenvalue weighted by atomic mass is 9.92. The maximum absolute atomic E-state index is 12.8. The van der Waals surface area contributed by atoms with Gasteiger partial charge in [0.15, 0.2) is 5.65 Å². The average molecular weight is 193 g/mol. The highest BCUT2D eigenvalue weighted by Gasteiger charge is 2.16. The Hall–Kier alpha value is -1.45. The first-order valence-electron chi connectivity index (χ1n) is 4.49. The van der Waals surface area contributed by atoms with Gasteiger partial charge in [0.25, 0.3) is 0 Å². The van der Waals surface area contributed by atoms with Gasteiger partial charge in [-0.3, -0.25) is 0 Å². The zero-order valence-electron chi connectivity index (χ0n) is 8.45. The van der Waals surface area contributed by atoms with Crippen LogP contribution < -0.4 is 0 Å². The van der Waals surface area contributed by atoms with Crippen LogP contribution in [-0.4, -0.2) is 14.6 Å². The fourth-order valence-electron chi connectivity index (χ4n) is 1.25. The summed E-state index contributed by atoms with van der Waals surface area (Å²) in [4.78, 5) is 3.67. The summed E-state index contributed by atoms with van der Waals surface area (Å²) < 4.78 is 14.2. The molecule has 4 heteroatoms. The second-order valence-corrected chi connectivity index (χ2v) is 4.33. The molecule has 0 aliphatic heterocycles. The van der Waals surface area contributed by atoms with Gasteiger partial charge in [0.2, 0.25) is 5.95 Å². The molecule has 0 saturated carbocycles. The molecule has 2 aromatic heterocycles. The van der Waals surface area contributed by atoms with Gasteiger partial charge in [-0.1, -0.05) is 20.8 Å².